The summed E-state index contributed by atoms with van der Waals surface area (Å²) in [5, 5.41) is 2.76. The number of rotatable bonds is 6. The first-order valence-electron chi connectivity index (χ1n) is 7.71. The largest absolute Gasteiger partial charge is 0.495 e. The average molecular weight is 423 g/mol. The maximum absolute atomic E-state index is 12.4. The van der Waals surface area contributed by atoms with Crippen LogP contribution in [-0.2, 0) is 10.0 Å². The van der Waals surface area contributed by atoms with Gasteiger partial charge >= 0.3 is 0 Å². The Bertz CT molecular complexity index is 1060. The number of hydrogen-bond acceptors (Lipinski definition) is 5. The average Bonchev–Trinajstić information content (AvgIpc) is 3.10. The van der Waals surface area contributed by atoms with Crippen molar-refractivity contribution in [2.45, 2.75) is 4.21 Å². The zero-order valence-electron chi connectivity index (χ0n) is 14.1. The van der Waals surface area contributed by atoms with Crippen LogP contribution in [0.5, 0.6) is 5.75 Å². The molecule has 0 saturated carbocycles. The summed E-state index contributed by atoms with van der Waals surface area (Å²) in [6.45, 7) is 0. The lowest BCUT2D eigenvalue weighted by Gasteiger charge is -2.10. The third-order valence-electron chi connectivity index (χ3n) is 3.57. The minimum absolute atomic E-state index is 0.116. The van der Waals surface area contributed by atoms with Crippen LogP contribution < -0.4 is 14.8 Å². The van der Waals surface area contributed by atoms with E-state index in [4.69, 9.17) is 16.3 Å². The molecule has 1 aromatic heterocycles. The highest BCUT2D eigenvalue weighted by Gasteiger charge is 2.17. The summed E-state index contributed by atoms with van der Waals surface area (Å²) in [4.78, 5) is 12.4. The normalized spacial score (nSPS) is 11.0. The van der Waals surface area contributed by atoms with Gasteiger partial charge in [0, 0.05) is 11.3 Å². The van der Waals surface area contributed by atoms with E-state index in [0.717, 1.165) is 11.3 Å². The van der Waals surface area contributed by atoms with E-state index in [1.54, 1.807) is 24.3 Å². The maximum Gasteiger partial charge on any atom is 0.271 e. The Morgan fingerprint density at radius 1 is 1.04 bits per heavy atom. The Balaban J connectivity index is 1.72. The minimum atomic E-state index is -3.72. The Kier molecular flexibility index (Phi) is 5.69. The van der Waals surface area contributed by atoms with Gasteiger partial charge in [-0.1, -0.05) is 23.7 Å². The third-order valence-corrected chi connectivity index (χ3v) is 6.67. The van der Waals surface area contributed by atoms with Crippen molar-refractivity contribution in [3.63, 3.8) is 0 Å². The predicted octanol–water partition coefficient (Wildman–Crippen LogP) is 4.46. The molecule has 6 nitrogen and oxygen atoms in total. The number of anilines is 2. The molecule has 0 saturated heterocycles. The van der Waals surface area contributed by atoms with E-state index in [9.17, 15) is 13.2 Å². The van der Waals surface area contributed by atoms with Crippen molar-refractivity contribution in [1.29, 1.82) is 0 Å². The Morgan fingerprint density at radius 3 is 2.37 bits per heavy atom. The quantitative estimate of drug-likeness (QED) is 0.614. The van der Waals surface area contributed by atoms with Crippen molar-refractivity contribution in [1.82, 2.24) is 0 Å². The molecule has 27 heavy (non-hydrogen) atoms. The Morgan fingerprint density at radius 2 is 1.74 bits per heavy atom. The van der Waals surface area contributed by atoms with E-state index in [1.807, 2.05) is 0 Å². The second kappa shape index (κ2) is 7.99. The molecule has 0 fully saturated rings. The van der Waals surface area contributed by atoms with Crippen LogP contribution in [0.1, 0.15) is 10.4 Å². The summed E-state index contributed by atoms with van der Waals surface area (Å²) in [6, 6.07) is 16.1. The molecule has 0 aliphatic rings. The van der Waals surface area contributed by atoms with Crippen LogP contribution in [0.2, 0.25) is 4.34 Å². The summed E-state index contributed by atoms with van der Waals surface area (Å²) in [5.41, 5.74) is 1.26. The second-order valence-electron chi connectivity index (χ2n) is 5.40. The smallest absolute Gasteiger partial charge is 0.271 e. The van der Waals surface area contributed by atoms with Gasteiger partial charge in [-0.3, -0.25) is 9.52 Å². The fourth-order valence-corrected chi connectivity index (χ4v) is 4.82. The van der Waals surface area contributed by atoms with Crippen LogP contribution in [0, 0.1) is 0 Å². The van der Waals surface area contributed by atoms with Crippen molar-refractivity contribution in [3.8, 4) is 5.75 Å². The van der Waals surface area contributed by atoms with E-state index in [1.165, 1.54) is 43.5 Å². The van der Waals surface area contributed by atoms with Gasteiger partial charge in [-0.2, -0.15) is 0 Å². The molecule has 0 aliphatic carbocycles. The van der Waals surface area contributed by atoms with Gasteiger partial charge in [0.05, 0.1) is 17.1 Å². The molecule has 0 radical (unpaired) electrons. The molecule has 2 N–H and O–H groups in total. The number of nitrogens with one attached hydrogen (secondary N) is 2. The third kappa shape index (κ3) is 4.60. The standard InChI is InChI=1S/C18H15ClN2O4S2/c1-25-15-5-3-2-4-14(15)20-18(22)12-6-8-13(9-7-12)21-27(23,24)17-11-10-16(19)26-17/h2-11,21H,1H3,(H,20,22). The van der Waals surface area contributed by atoms with Gasteiger partial charge in [-0.05, 0) is 48.5 Å². The SMILES string of the molecule is COc1ccccc1NC(=O)c1ccc(NS(=O)(=O)c2ccc(Cl)s2)cc1. The number of halogens is 1. The number of methoxy groups -OCH3 is 1. The van der Waals surface area contributed by atoms with E-state index < -0.39 is 10.0 Å². The molecular weight excluding hydrogens is 408 g/mol. The molecule has 2 aromatic carbocycles. The van der Waals surface area contributed by atoms with Crippen molar-refractivity contribution in [3.05, 3.63) is 70.6 Å². The van der Waals surface area contributed by atoms with Crippen molar-refractivity contribution < 1.29 is 17.9 Å². The Labute approximate surface area is 165 Å². The number of ether oxygens (including phenoxy) is 1. The lowest BCUT2D eigenvalue weighted by atomic mass is 10.2. The molecule has 0 atom stereocenters. The van der Waals surface area contributed by atoms with E-state index in [0.29, 0.717) is 27.0 Å². The van der Waals surface area contributed by atoms with Crippen molar-refractivity contribution in [2.75, 3.05) is 17.1 Å². The number of sulfonamides is 1. The van der Waals surface area contributed by atoms with Gasteiger partial charge in [0.15, 0.2) is 0 Å². The first-order valence-corrected chi connectivity index (χ1v) is 10.4. The van der Waals surface area contributed by atoms with Crippen molar-refractivity contribution in [2.24, 2.45) is 0 Å². The molecule has 9 heteroatoms. The number of amides is 1. The van der Waals surface area contributed by atoms with Gasteiger partial charge in [0.25, 0.3) is 15.9 Å². The summed E-state index contributed by atoms with van der Waals surface area (Å²) in [6.07, 6.45) is 0. The van der Waals surface area contributed by atoms with Gasteiger partial charge in [0.2, 0.25) is 0 Å². The van der Waals surface area contributed by atoms with Crippen LogP contribution in [0.25, 0.3) is 0 Å². The second-order valence-corrected chi connectivity index (χ2v) is 9.02. The monoisotopic (exact) mass is 422 g/mol. The zero-order chi connectivity index (χ0) is 19.4. The first-order chi connectivity index (χ1) is 12.9. The number of carbonyl (C=O) groups excluding carboxylic acids is 1. The van der Waals surface area contributed by atoms with Gasteiger partial charge < -0.3 is 10.1 Å². The molecule has 3 aromatic rings. The lowest BCUT2D eigenvalue weighted by Crippen LogP contribution is -2.14. The number of para-hydroxylation sites is 2. The summed E-state index contributed by atoms with van der Waals surface area (Å²) < 4.78 is 32.7. The lowest BCUT2D eigenvalue weighted by molar-refractivity contribution is 0.102. The number of carbonyl (C=O) groups is 1. The number of benzene rings is 2. The molecule has 3 rings (SSSR count). The molecule has 140 valence electrons. The number of thiophene rings is 1. The summed E-state index contributed by atoms with van der Waals surface area (Å²) in [5.74, 6) is 0.212. The van der Waals surface area contributed by atoms with Gasteiger partial charge in [-0.25, -0.2) is 8.42 Å². The summed E-state index contributed by atoms with van der Waals surface area (Å²) >= 11 is 6.75. The zero-order valence-corrected chi connectivity index (χ0v) is 16.5. The van der Waals surface area contributed by atoms with Crippen LogP contribution in [0.3, 0.4) is 0 Å². The van der Waals surface area contributed by atoms with E-state index >= 15 is 0 Å². The molecule has 0 bridgehead atoms. The fourth-order valence-electron chi connectivity index (χ4n) is 2.28. The maximum atomic E-state index is 12.4. The summed E-state index contributed by atoms with van der Waals surface area (Å²) in [7, 11) is -2.20. The molecule has 0 spiro atoms. The van der Waals surface area contributed by atoms with Crippen molar-refractivity contribution >= 4 is 50.2 Å². The molecule has 1 amide bonds. The molecule has 1 heterocycles. The Hall–Kier alpha value is -2.55. The van der Waals surface area contributed by atoms with Crippen LogP contribution >= 0.6 is 22.9 Å². The first kappa shape index (κ1) is 19.2. The van der Waals surface area contributed by atoms with E-state index in [2.05, 4.69) is 10.0 Å². The molecular formula is C18H15ClN2O4S2. The number of hydrogen-bond donors (Lipinski definition) is 2. The van der Waals surface area contributed by atoms with Crippen LogP contribution in [-0.4, -0.2) is 21.4 Å². The van der Waals surface area contributed by atoms with Crippen LogP contribution in [0.15, 0.2) is 64.9 Å². The van der Waals surface area contributed by atoms with Gasteiger partial charge in [0.1, 0.15) is 9.96 Å². The van der Waals surface area contributed by atoms with Crippen LogP contribution in [0.4, 0.5) is 11.4 Å². The van der Waals surface area contributed by atoms with E-state index in [-0.39, 0.29) is 10.1 Å². The fraction of sp³-hybridized carbons (Fsp3) is 0.0556. The highest BCUT2D eigenvalue weighted by Crippen LogP contribution is 2.27. The predicted molar refractivity (Wildman–Crippen MR) is 108 cm³/mol. The molecule has 0 unspecified atom stereocenters. The highest BCUT2D eigenvalue weighted by atomic mass is 35.5. The highest BCUT2D eigenvalue weighted by molar-refractivity contribution is 7.94. The minimum Gasteiger partial charge on any atom is -0.495 e. The van der Waals surface area contributed by atoms with Gasteiger partial charge in [-0.15, -0.1) is 11.3 Å². The topological polar surface area (TPSA) is 84.5 Å². The molecule has 0 aliphatic heterocycles.